The molecule has 2 aliphatic rings. The van der Waals surface area contributed by atoms with E-state index in [0.717, 1.165) is 18.4 Å². The van der Waals surface area contributed by atoms with Crippen LogP contribution in [0.25, 0.3) is 0 Å². The molecule has 0 aromatic carbocycles. The second-order valence-corrected chi connectivity index (χ2v) is 8.64. The topological polar surface area (TPSA) is 88.5 Å². The van der Waals surface area contributed by atoms with E-state index in [2.05, 4.69) is 36.2 Å². The molecule has 7 heteroatoms. The Morgan fingerprint density at radius 1 is 1.38 bits per heavy atom. The second-order valence-electron chi connectivity index (χ2n) is 8.64. The molecule has 2 fully saturated rings. The third kappa shape index (κ3) is 4.02. The van der Waals surface area contributed by atoms with E-state index < -0.39 is 0 Å². The fraction of sp³-hybridized carbons (Fsp3) is 0.737. The molecule has 2 heterocycles. The molecule has 1 saturated heterocycles. The van der Waals surface area contributed by atoms with Crippen molar-refractivity contribution in [3.05, 3.63) is 18.0 Å². The van der Waals surface area contributed by atoms with Gasteiger partial charge in [-0.05, 0) is 33.6 Å². The van der Waals surface area contributed by atoms with Crippen molar-refractivity contribution in [3.8, 4) is 0 Å². The van der Waals surface area contributed by atoms with E-state index >= 15 is 0 Å². The number of rotatable bonds is 4. The van der Waals surface area contributed by atoms with Crippen LogP contribution >= 0.6 is 0 Å². The highest BCUT2D eigenvalue weighted by Gasteiger charge is 2.45. The number of guanidine groups is 1. The number of hydrogen-bond acceptors (Lipinski definition) is 3. The number of aliphatic imine (C=N–C) groups is 1. The number of nitrogens with two attached hydrogens (primary N) is 1. The van der Waals surface area contributed by atoms with Gasteiger partial charge in [-0.25, -0.2) is 0 Å². The molecule has 1 amide bonds. The summed E-state index contributed by atoms with van der Waals surface area (Å²) in [5, 5.41) is 7.63. The normalized spacial score (nSPS) is 25.3. The maximum absolute atomic E-state index is 12.7. The summed E-state index contributed by atoms with van der Waals surface area (Å²) in [4.78, 5) is 19.3. The first-order valence-electron chi connectivity index (χ1n) is 9.63. The van der Waals surface area contributed by atoms with E-state index in [0.29, 0.717) is 25.0 Å². The van der Waals surface area contributed by atoms with Gasteiger partial charge in [0.25, 0.3) is 0 Å². The Labute approximate surface area is 156 Å². The highest BCUT2D eigenvalue weighted by molar-refractivity contribution is 5.81. The summed E-state index contributed by atoms with van der Waals surface area (Å²) in [6.45, 7) is 6.78. The predicted molar refractivity (Wildman–Crippen MR) is 103 cm³/mol. The Hall–Kier alpha value is -2.05. The van der Waals surface area contributed by atoms with E-state index in [1.165, 1.54) is 12.8 Å². The van der Waals surface area contributed by atoms with E-state index in [-0.39, 0.29) is 23.4 Å². The van der Waals surface area contributed by atoms with Crippen molar-refractivity contribution in [2.45, 2.75) is 70.5 Å². The molecule has 144 valence electrons. The molecule has 1 saturated carbocycles. The van der Waals surface area contributed by atoms with E-state index in [1.54, 1.807) is 4.68 Å². The lowest BCUT2D eigenvalue weighted by molar-refractivity contribution is -0.133. The number of hydrogen-bond donors (Lipinski definition) is 2. The Kier molecular flexibility index (Phi) is 5.25. The molecular weight excluding hydrogens is 328 g/mol. The summed E-state index contributed by atoms with van der Waals surface area (Å²) in [6.07, 6.45) is 9.19. The number of aromatic nitrogens is 2. The van der Waals surface area contributed by atoms with Gasteiger partial charge < -0.3 is 16.0 Å². The average Bonchev–Trinajstić information content (AvgIpc) is 3.24. The van der Waals surface area contributed by atoms with Gasteiger partial charge in [0.05, 0.1) is 12.2 Å². The first-order chi connectivity index (χ1) is 12.3. The standard InChI is InChI=1S/C19H32N6O/c1-19(2,3)25-16(26)9-13(17(25)14-11-22-24(4)12-14)10-21-18(20)23-15-7-5-6-8-15/h11-13,15,17H,5-10H2,1-4H3,(H3,20,21,23)/t13-,17+/m0/s1. The van der Waals surface area contributed by atoms with Crippen LogP contribution in [-0.2, 0) is 11.8 Å². The lowest BCUT2D eigenvalue weighted by atomic mass is 9.93. The quantitative estimate of drug-likeness (QED) is 0.634. The summed E-state index contributed by atoms with van der Waals surface area (Å²) in [7, 11) is 1.90. The Morgan fingerprint density at radius 3 is 2.65 bits per heavy atom. The molecule has 26 heavy (non-hydrogen) atoms. The minimum Gasteiger partial charge on any atom is -0.370 e. The van der Waals surface area contributed by atoms with Gasteiger partial charge in [0, 0.05) is 49.3 Å². The van der Waals surface area contributed by atoms with Crippen LogP contribution < -0.4 is 11.1 Å². The zero-order valence-electron chi connectivity index (χ0n) is 16.4. The van der Waals surface area contributed by atoms with Gasteiger partial charge in [0.15, 0.2) is 5.96 Å². The summed E-state index contributed by atoms with van der Waals surface area (Å²) < 4.78 is 1.79. The molecule has 1 aliphatic heterocycles. The van der Waals surface area contributed by atoms with Gasteiger partial charge in [-0.15, -0.1) is 0 Å². The highest BCUT2D eigenvalue weighted by atomic mass is 16.2. The zero-order valence-corrected chi connectivity index (χ0v) is 16.4. The summed E-state index contributed by atoms with van der Waals surface area (Å²) >= 11 is 0. The van der Waals surface area contributed by atoms with Crippen molar-refractivity contribution < 1.29 is 4.79 Å². The van der Waals surface area contributed by atoms with Gasteiger partial charge in [0.1, 0.15) is 0 Å². The maximum atomic E-state index is 12.7. The van der Waals surface area contributed by atoms with Crippen LogP contribution in [0.4, 0.5) is 0 Å². The minimum atomic E-state index is -0.246. The molecule has 3 N–H and O–H groups in total. The minimum absolute atomic E-state index is 0.0146. The fourth-order valence-electron chi connectivity index (χ4n) is 4.31. The largest absolute Gasteiger partial charge is 0.370 e. The van der Waals surface area contributed by atoms with E-state index in [4.69, 9.17) is 5.73 Å². The summed E-state index contributed by atoms with van der Waals surface area (Å²) in [5.74, 6) is 0.784. The number of amides is 1. The fourth-order valence-corrected chi connectivity index (χ4v) is 4.31. The van der Waals surface area contributed by atoms with Crippen molar-refractivity contribution in [3.63, 3.8) is 0 Å². The molecule has 7 nitrogen and oxygen atoms in total. The lowest BCUT2D eigenvalue weighted by Crippen LogP contribution is -2.44. The van der Waals surface area contributed by atoms with Crippen LogP contribution in [0.1, 0.15) is 64.5 Å². The zero-order chi connectivity index (χ0) is 18.9. The Balaban J connectivity index is 1.77. The Bertz CT molecular complexity index is 668. The molecule has 0 radical (unpaired) electrons. The smallest absolute Gasteiger partial charge is 0.223 e. The molecule has 0 bridgehead atoms. The lowest BCUT2D eigenvalue weighted by Gasteiger charge is -2.38. The van der Waals surface area contributed by atoms with Gasteiger partial charge in [-0.1, -0.05) is 12.8 Å². The third-order valence-electron chi connectivity index (χ3n) is 5.42. The molecule has 1 aromatic rings. The van der Waals surface area contributed by atoms with Gasteiger partial charge in [0.2, 0.25) is 5.91 Å². The van der Waals surface area contributed by atoms with Crippen molar-refractivity contribution in [1.82, 2.24) is 20.0 Å². The predicted octanol–water partition coefficient (Wildman–Crippen LogP) is 1.96. The SMILES string of the molecule is Cn1cc([C@H]2[C@H](CN=C(N)NC3CCCC3)CC(=O)N2C(C)(C)C)cn1. The van der Waals surface area contributed by atoms with Crippen LogP contribution in [0.3, 0.4) is 0 Å². The number of nitrogens with zero attached hydrogens (tertiary/aromatic N) is 4. The van der Waals surface area contributed by atoms with Crippen molar-refractivity contribution in [2.75, 3.05) is 6.54 Å². The van der Waals surface area contributed by atoms with Crippen LogP contribution in [0.5, 0.6) is 0 Å². The number of nitrogens with one attached hydrogen (secondary N) is 1. The van der Waals surface area contributed by atoms with Crippen LogP contribution in [0, 0.1) is 5.92 Å². The van der Waals surface area contributed by atoms with Crippen LogP contribution in [0.2, 0.25) is 0 Å². The second kappa shape index (κ2) is 7.29. The molecule has 0 unspecified atom stereocenters. The number of carbonyl (C=O) groups is 1. The van der Waals surface area contributed by atoms with Crippen LogP contribution in [-0.4, -0.2) is 44.7 Å². The number of carbonyl (C=O) groups excluding carboxylic acids is 1. The van der Waals surface area contributed by atoms with Crippen LogP contribution in [0.15, 0.2) is 17.4 Å². The first kappa shape index (κ1) is 18.7. The van der Waals surface area contributed by atoms with Crippen molar-refractivity contribution in [2.24, 2.45) is 23.7 Å². The average molecular weight is 361 g/mol. The third-order valence-corrected chi connectivity index (χ3v) is 5.42. The number of aryl methyl sites for hydroxylation is 1. The first-order valence-corrected chi connectivity index (χ1v) is 9.63. The maximum Gasteiger partial charge on any atom is 0.223 e. The summed E-state index contributed by atoms with van der Waals surface area (Å²) in [6, 6.07) is 0.434. The van der Waals surface area contributed by atoms with E-state index in [9.17, 15) is 4.79 Å². The molecule has 3 rings (SSSR count). The monoisotopic (exact) mass is 360 g/mol. The van der Waals surface area contributed by atoms with Crippen molar-refractivity contribution in [1.29, 1.82) is 0 Å². The van der Waals surface area contributed by atoms with Gasteiger partial charge >= 0.3 is 0 Å². The molecule has 0 spiro atoms. The summed E-state index contributed by atoms with van der Waals surface area (Å²) in [5.41, 5.74) is 6.92. The number of likely N-dealkylation sites (tertiary alicyclic amines) is 1. The highest BCUT2D eigenvalue weighted by Crippen LogP contribution is 2.42. The van der Waals surface area contributed by atoms with E-state index in [1.807, 2.05) is 24.3 Å². The molecular formula is C19H32N6O. The Morgan fingerprint density at radius 2 is 2.08 bits per heavy atom. The molecule has 1 aliphatic carbocycles. The molecule has 2 atom stereocenters. The van der Waals surface area contributed by atoms with Crippen molar-refractivity contribution >= 4 is 11.9 Å². The molecule has 1 aromatic heterocycles. The van der Waals surface area contributed by atoms with Gasteiger partial charge in [-0.3, -0.25) is 14.5 Å². The van der Waals surface area contributed by atoms with Gasteiger partial charge in [-0.2, -0.15) is 5.10 Å².